The smallest absolute Gasteiger partial charge is 0.223 e. The van der Waals surface area contributed by atoms with Crippen molar-refractivity contribution in [3.05, 3.63) is 0 Å². The Kier molecular flexibility index (Phi) is 3.56. The summed E-state index contributed by atoms with van der Waals surface area (Å²) < 4.78 is 0. The molecule has 3 aliphatic rings. The van der Waals surface area contributed by atoms with Crippen molar-refractivity contribution in [1.29, 1.82) is 0 Å². The predicted molar refractivity (Wildman–Crippen MR) is 75.9 cm³/mol. The number of carbonyl (C=O) groups is 1. The van der Waals surface area contributed by atoms with E-state index in [1.807, 2.05) is 0 Å². The third kappa shape index (κ3) is 2.65. The quantitative estimate of drug-likeness (QED) is 0.782. The van der Waals surface area contributed by atoms with Gasteiger partial charge in [-0.05, 0) is 64.6 Å². The van der Waals surface area contributed by atoms with Crippen LogP contribution in [0.15, 0.2) is 0 Å². The Morgan fingerprint density at radius 2 is 2.11 bits per heavy atom. The van der Waals surface area contributed by atoms with E-state index in [1.165, 1.54) is 12.8 Å². The number of hydrogen-bond donors (Lipinski definition) is 2. The molecule has 3 unspecified atom stereocenters. The second kappa shape index (κ2) is 5.06. The molecule has 0 aromatic rings. The number of carbonyl (C=O) groups excluding carboxylic acids is 1. The van der Waals surface area contributed by atoms with Crippen LogP contribution in [0.25, 0.3) is 0 Å². The molecule has 108 valence electrons. The molecule has 1 amide bonds. The minimum absolute atomic E-state index is 0.310. The van der Waals surface area contributed by atoms with Gasteiger partial charge in [0.05, 0.1) is 0 Å². The second-order valence-electron chi connectivity index (χ2n) is 6.93. The lowest BCUT2D eigenvalue weighted by Gasteiger charge is -2.35. The van der Waals surface area contributed by atoms with Crippen LogP contribution in [0.1, 0.15) is 39.0 Å². The summed E-state index contributed by atoms with van der Waals surface area (Å²) in [5.41, 5.74) is 0.367. The molecule has 0 aromatic heterocycles. The van der Waals surface area contributed by atoms with Gasteiger partial charge in [0, 0.05) is 24.5 Å². The number of piperidine rings is 2. The van der Waals surface area contributed by atoms with Crippen LogP contribution < -0.4 is 10.6 Å². The lowest BCUT2D eigenvalue weighted by Crippen LogP contribution is -2.48. The Balaban J connectivity index is 1.50. The number of likely N-dealkylation sites (tertiary alicyclic amines) is 1. The first-order valence-corrected chi connectivity index (χ1v) is 7.82. The highest BCUT2D eigenvalue weighted by molar-refractivity contribution is 5.82. The zero-order valence-electron chi connectivity index (χ0n) is 12.2. The molecule has 2 heterocycles. The summed E-state index contributed by atoms with van der Waals surface area (Å²) in [5.74, 6) is 0.646. The van der Waals surface area contributed by atoms with Gasteiger partial charge in [0.1, 0.15) is 0 Å². The molecule has 2 aliphatic heterocycles. The fourth-order valence-electron chi connectivity index (χ4n) is 3.92. The summed E-state index contributed by atoms with van der Waals surface area (Å²) >= 11 is 0. The predicted octanol–water partition coefficient (Wildman–Crippen LogP) is 0.975. The Bertz CT molecular complexity index is 351. The Labute approximate surface area is 116 Å². The molecule has 4 nitrogen and oxygen atoms in total. The summed E-state index contributed by atoms with van der Waals surface area (Å²) in [7, 11) is 2.17. The average molecular weight is 265 g/mol. The van der Waals surface area contributed by atoms with Gasteiger partial charge in [-0.2, -0.15) is 0 Å². The molecule has 2 N–H and O–H groups in total. The molecule has 1 saturated carbocycles. The molecule has 0 aromatic carbocycles. The molecule has 0 radical (unpaired) electrons. The van der Waals surface area contributed by atoms with E-state index in [4.69, 9.17) is 0 Å². The first-order chi connectivity index (χ1) is 9.11. The van der Waals surface area contributed by atoms with Crippen molar-refractivity contribution < 1.29 is 4.79 Å². The lowest BCUT2D eigenvalue weighted by molar-refractivity contribution is -0.124. The number of amides is 1. The van der Waals surface area contributed by atoms with Crippen LogP contribution in [0.4, 0.5) is 0 Å². The molecule has 3 fully saturated rings. The van der Waals surface area contributed by atoms with Crippen LogP contribution in [-0.4, -0.2) is 49.6 Å². The van der Waals surface area contributed by atoms with Crippen LogP contribution in [0.2, 0.25) is 0 Å². The van der Waals surface area contributed by atoms with E-state index < -0.39 is 0 Å². The maximum Gasteiger partial charge on any atom is 0.223 e. The van der Waals surface area contributed by atoms with E-state index in [0.717, 1.165) is 38.9 Å². The highest BCUT2D eigenvalue weighted by Gasteiger charge is 2.57. The Morgan fingerprint density at radius 1 is 1.37 bits per heavy atom. The van der Waals surface area contributed by atoms with Crippen molar-refractivity contribution >= 4 is 5.91 Å². The van der Waals surface area contributed by atoms with E-state index in [1.54, 1.807) is 0 Å². The van der Waals surface area contributed by atoms with Gasteiger partial charge >= 0.3 is 0 Å². The number of nitrogens with zero attached hydrogens (tertiary/aromatic N) is 1. The highest BCUT2D eigenvalue weighted by Crippen LogP contribution is 2.58. The van der Waals surface area contributed by atoms with Crippen molar-refractivity contribution in [2.45, 2.75) is 51.1 Å². The molecule has 0 bridgehead atoms. The van der Waals surface area contributed by atoms with Crippen LogP contribution in [0.5, 0.6) is 0 Å². The summed E-state index contributed by atoms with van der Waals surface area (Å²) in [6.45, 7) is 5.54. The standard InChI is InChI=1S/C15H27N3O/c1-11-9-12(3-8-18(11)2)17-14(19)13-10-15(13)4-6-16-7-5-15/h11-13,16H,3-10H2,1-2H3,(H,17,19). The van der Waals surface area contributed by atoms with E-state index in [-0.39, 0.29) is 0 Å². The summed E-state index contributed by atoms with van der Waals surface area (Å²) in [5, 5.41) is 6.71. The normalized spacial score (nSPS) is 38.1. The number of nitrogens with one attached hydrogen (secondary N) is 2. The molecule has 1 aliphatic carbocycles. The Morgan fingerprint density at radius 3 is 2.79 bits per heavy atom. The highest BCUT2D eigenvalue weighted by atomic mass is 16.2. The van der Waals surface area contributed by atoms with Gasteiger partial charge in [-0.3, -0.25) is 4.79 Å². The largest absolute Gasteiger partial charge is 0.353 e. The van der Waals surface area contributed by atoms with E-state index in [9.17, 15) is 4.79 Å². The van der Waals surface area contributed by atoms with E-state index in [0.29, 0.717) is 29.3 Å². The molecule has 4 heteroatoms. The summed E-state index contributed by atoms with van der Waals surface area (Å²) in [4.78, 5) is 14.8. The monoisotopic (exact) mass is 265 g/mol. The van der Waals surface area contributed by atoms with Gasteiger partial charge < -0.3 is 15.5 Å². The molecular weight excluding hydrogens is 238 g/mol. The van der Waals surface area contributed by atoms with E-state index in [2.05, 4.69) is 29.5 Å². The Hall–Kier alpha value is -0.610. The van der Waals surface area contributed by atoms with Gasteiger partial charge in [-0.15, -0.1) is 0 Å². The average Bonchev–Trinajstić information content (AvgIpc) is 3.08. The SMILES string of the molecule is CC1CC(NC(=O)C2CC23CCNCC3)CCN1C. The van der Waals surface area contributed by atoms with E-state index >= 15 is 0 Å². The number of hydrogen-bond acceptors (Lipinski definition) is 3. The minimum Gasteiger partial charge on any atom is -0.353 e. The van der Waals surface area contributed by atoms with Gasteiger partial charge in [-0.25, -0.2) is 0 Å². The second-order valence-corrected chi connectivity index (χ2v) is 6.93. The van der Waals surface area contributed by atoms with Crippen molar-refractivity contribution in [1.82, 2.24) is 15.5 Å². The first kappa shape index (κ1) is 13.4. The van der Waals surface area contributed by atoms with Crippen molar-refractivity contribution in [2.24, 2.45) is 11.3 Å². The maximum atomic E-state index is 12.4. The molecule has 19 heavy (non-hydrogen) atoms. The molecule has 2 saturated heterocycles. The summed E-state index contributed by atoms with van der Waals surface area (Å²) in [6, 6.07) is 0.990. The van der Waals surface area contributed by atoms with Gasteiger partial charge in [-0.1, -0.05) is 0 Å². The van der Waals surface area contributed by atoms with Gasteiger partial charge in [0.15, 0.2) is 0 Å². The van der Waals surface area contributed by atoms with Gasteiger partial charge in [0.25, 0.3) is 0 Å². The molecule has 3 rings (SSSR count). The maximum absolute atomic E-state index is 12.4. The van der Waals surface area contributed by atoms with Crippen molar-refractivity contribution in [3.63, 3.8) is 0 Å². The third-order valence-corrected chi connectivity index (χ3v) is 5.66. The zero-order chi connectivity index (χ0) is 13.5. The molecule has 1 spiro atoms. The molecule has 3 atom stereocenters. The lowest BCUT2D eigenvalue weighted by atomic mass is 9.91. The van der Waals surface area contributed by atoms with Gasteiger partial charge in [0.2, 0.25) is 5.91 Å². The van der Waals surface area contributed by atoms with Crippen molar-refractivity contribution in [2.75, 3.05) is 26.7 Å². The summed E-state index contributed by atoms with van der Waals surface area (Å²) in [6.07, 6.45) is 5.71. The minimum atomic E-state index is 0.310. The fraction of sp³-hybridized carbons (Fsp3) is 0.933. The van der Waals surface area contributed by atoms with Crippen LogP contribution in [0, 0.1) is 11.3 Å². The molecular formula is C15H27N3O. The van der Waals surface area contributed by atoms with Crippen LogP contribution in [-0.2, 0) is 4.79 Å². The number of rotatable bonds is 2. The van der Waals surface area contributed by atoms with Crippen molar-refractivity contribution in [3.8, 4) is 0 Å². The first-order valence-electron chi connectivity index (χ1n) is 7.82. The third-order valence-electron chi connectivity index (χ3n) is 5.66. The fourth-order valence-corrected chi connectivity index (χ4v) is 3.92. The topological polar surface area (TPSA) is 44.4 Å². The zero-order valence-corrected chi connectivity index (χ0v) is 12.2. The van der Waals surface area contributed by atoms with Crippen LogP contribution >= 0.6 is 0 Å². The van der Waals surface area contributed by atoms with Crippen LogP contribution in [0.3, 0.4) is 0 Å².